The maximum absolute atomic E-state index is 12.0. The molecule has 98 valence electrons. The van der Waals surface area contributed by atoms with E-state index in [0.717, 1.165) is 44.3 Å². The summed E-state index contributed by atoms with van der Waals surface area (Å²) >= 11 is 0. The Hall–Kier alpha value is -0.770. The van der Waals surface area contributed by atoms with Crippen LogP contribution in [0.3, 0.4) is 0 Å². The van der Waals surface area contributed by atoms with Gasteiger partial charge in [-0.25, -0.2) is 4.79 Å². The third-order valence-corrected chi connectivity index (χ3v) is 4.33. The second-order valence-corrected chi connectivity index (χ2v) is 5.31. The molecular formula is C13H25N3O. The summed E-state index contributed by atoms with van der Waals surface area (Å²) in [7, 11) is 0. The third kappa shape index (κ3) is 2.92. The average molecular weight is 239 g/mol. The van der Waals surface area contributed by atoms with Gasteiger partial charge in [-0.15, -0.1) is 0 Å². The van der Waals surface area contributed by atoms with Gasteiger partial charge in [0.25, 0.3) is 0 Å². The normalized spacial score (nSPS) is 32.0. The molecule has 1 saturated carbocycles. The van der Waals surface area contributed by atoms with E-state index >= 15 is 0 Å². The Labute approximate surface area is 104 Å². The Kier molecular flexibility index (Phi) is 4.26. The molecule has 1 unspecified atom stereocenters. The van der Waals surface area contributed by atoms with Gasteiger partial charge in [0.2, 0.25) is 0 Å². The molecule has 0 aromatic carbocycles. The van der Waals surface area contributed by atoms with Crippen molar-refractivity contribution >= 4 is 6.03 Å². The minimum atomic E-state index is 0.115. The van der Waals surface area contributed by atoms with Crippen LogP contribution in [0.25, 0.3) is 0 Å². The van der Waals surface area contributed by atoms with Crippen LogP contribution in [0.15, 0.2) is 0 Å². The maximum Gasteiger partial charge on any atom is 0.317 e. The van der Waals surface area contributed by atoms with Crippen LogP contribution in [0.2, 0.25) is 0 Å². The van der Waals surface area contributed by atoms with Gasteiger partial charge in [-0.3, -0.25) is 0 Å². The first kappa shape index (κ1) is 12.7. The average Bonchev–Trinajstić information content (AvgIpc) is 2.77. The number of fused-ring (bicyclic) bond motifs is 1. The quantitative estimate of drug-likeness (QED) is 0.782. The van der Waals surface area contributed by atoms with Crippen molar-refractivity contribution in [2.24, 2.45) is 11.8 Å². The van der Waals surface area contributed by atoms with Crippen molar-refractivity contribution in [2.45, 2.75) is 39.2 Å². The molecular weight excluding hydrogens is 214 g/mol. The van der Waals surface area contributed by atoms with Crippen molar-refractivity contribution in [3.63, 3.8) is 0 Å². The molecule has 0 spiro atoms. The van der Waals surface area contributed by atoms with Gasteiger partial charge in [-0.05, 0) is 58.0 Å². The molecule has 0 radical (unpaired) electrons. The van der Waals surface area contributed by atoms with Crippen LogP contribution in [-0.2, 0) is 0 Å². The fourth-order valence-electron chi connectivity index (χ4n) is 3.21. The SMILES string of the molecule is CCN(CC)C(=O)NC1CC[C@H]2CNC[C@H]2C1. The fourth-order valence-corrected chi connectivity index (χ4v) is 3.21. The Balaban J connectivity index is 1.81. The number of nitrogens with zero attached hydrogens (tertiary/aromatic N) is 1. The van der Waals surface area contributed by atoms with Crippen LogP contribution >= 0.6 is 0 Å². The van der Waals surface area contributed by atoms with Crippen LogP contribution in [0, 0.1) is 11.8 Å². The molecule has 2 N–H and O–H groups in total. The van der Waals surface area contributed by atoms with E-state index in [-0.39, 0.29) is 6.03 Å². The second-order valence-electron chi connectivity index (χ2n) is 5.31. The summed E-state index contributed by atoms with van der Waals surface area (Å²) in [6, 6.07) is 0.508. The molecule has 0 aromatic heterocycles. The summed E-state index contributed by atoms with van der Waals surface area (Å²) in [5.74, 6) is 1.64. The van der Waals surface area contributed by atoms with Gasteiger partial charge in [0.15, 0.2) is 0 Å². The van der Waals surface area contributed by atoms with Gasteiger partial charge in [0.05, 0.1) is 0 Å². The van der Waals surface area contributed by atoms with Crippen molar-refractivity contribution in [1.82, 2.24) is 15.5 Å². The predicted octanol–water partition coefficient (Wildman–Crippen LogP) is 1.43. The lowest BCUT2D eigenvalue weighted by molar-refractivity contribution is 0.185. The van der Waals surface area contributed by atoms with E-state index in [9.17, 15) is 4.79 Å². The molecule has 1 aliphatic heterocycles. The number of carbonyl (C=O) groups excluding carboxylic acids is 1. The lowest BCUT2D eigenvalue weighted by Crippen LogP contribution is -2.47. The first-order chi connectivity index (χ1) is 8.24. The van der Waals surface area contributed by atoms with E-state index in [0.29, 0.717) is 6.04 Å². The molecule has 0 aromatic rings. The zero-order valence-electron chi connectivity index (χ0n) is 11.0. The topological polar surface area (TPSA) is 44.4 Å². The lowest BCUT2D eigenvalue weighted by atomic mass is 9.79. The van der Waals surface area contributed by atoms with Crippen molar-refractivity contribution in [2.75, 3.05) is 26.2 Å². The molecule has 3 atom stereocenters. The van der Waals surface area contributed by atoms with E-state index in [4.69, 9.17) is 0 Å². The van der Waals surface area contributed by atoms with Gasteiger partial charge in [-0.1, -0.05) is 0 Å². The molecule has 1 saturated heterocycles. The number of carbonyl (C=O) groups is 1. The zero-order chi connectivity index (χ0) is 12.3. The Morgan fingerprint density at radius 1 is 1.24 bits per heavy atom. The fraction of sp³-hybridized carbons (Fsp3) is 0.923. The van der Waals surface area contributed by atoms with Crippen LogP contribution < -0.4 is 10.6 Å². The molecule has 17 heavy (non-hydrogen) atoms. The molecule has 1 aliphatic carbocycles. The maximum atomic E-state index is 12.0. The van der Waals surface area contributed by atoms with Crippen LogP contribution in [0.4, 0.5) is 4.79 Å². The molecule has 4 heteroatoms. The van der Waals surface area contributed by atoms with Crippen LogP contribution in [0.1, 0.15) is 33.1 Å². The zero-order valence-corrected chi connectivity index (χ0v) is 11.0. The highest BCUT2D eigenvalue weighted by Crippen LogP contribution is 2.32. The van der Waals surface area contributed by atoms with E-state index in [1.165, 1.54) is 13.0 Å². The monoisotopic (exact) mass is 239 g/mol. The number of amides is 2. The summed E-state index contributed by atoms with van der Waals surface area (Å²) in [4.78, 5) is 13.8. The Bertz CT molecular complexity index is 265. The molecule has 2 aliphatic rings. The van der Waals surface area contributed by atoms with E-state index in [1.54, 1.807) is 0 Å². The molecule has 0 bridgehead atoms. The molecule has 2 fully saturated rings. The largest absolute Gasteiger partial charge is 0.335 e. The van der Waals surface area contributed by atoms with Crippen molar-refractivity contribution in [3.8, 4) is 0 Å². The highest BCUT2D eigenvalue weighted by Gasteiger charge is 2.34. The van der Waals surface area contributed by atoms with E-state index in [2.05, 4.69) is 10.6 Å². The summed E-state index contributed by atoms with van der Waals surface area (Å²) in [6.45, 7) is 7.97. The van der Waals surface area contributed by atoms with E-state index in [1.807, 2.05) is 18.7 Å². The van der Waals surface area contributed by atoms with Crippen molar-refractivity contribution in [3.05, 3.63) is 0 Å². The third-order valence-electron chi connectivity index (χ3n) is 4.33. The number of urea groups is 1. The standard InChI is InChI=1S/C13H25N3O/c1-3-16(4-2)13(17)15-12-6-5-10-8-14-9-11(10)7-12/h10-12,14H,3-9H2,1-2H3,(H,15,17)/t10-,11+,12?/m0/s1. The second kappa shape index (κ2) is 5.71. The Morgan fingerprint density at radius 3 is 2.65 bits per heavy atom. The highest BCUT2D eigenvalue weighted by molar-refractivity contribution is 5.74. The van der Waals surface area contributed by atoms with Gasteiger partial charge >= 0.3 is 6.03 Å². The molecule has 2 amide bonds. The summed E-state index contributed by atoms with van der Waals surface area (Å²) in [5.41, 5.74) is 0. The highest BCUT2D eigenvalue weighted by atomic mass is 16.2. The summed E-state index contributed by atoms with van der Waals surface area (Å²) in [5, 5.41) is 6.65. The summed E-state index contributed by atoms with van der Waals surface area (Å²) < 4.78 is 0. The lowest BCUT2D eigenvalue weighted by Gasteiger charge is -2.33. The predicted molar refractivity (Wildman–Crippen MR) is 68.9 cm³/mol. The first-order valence-electron chi connectivity index (χ1n) is 7.00. The summed E-state index contributed by atoms with van der Waals surface area (Å²) in [6.07, 6.45) is 3.57. The number of hydrogen-bond acceptors (Lipinski definition) is 2. The number of nitrogens with one attached hydrogen (secondary N) is 2. The van der Waals surface area contributed by atoms with Gasteiger partial charge < -0.3 is 15.5 Å². The van der Waals surface area contributed by atoms with Gasteiger partial charge in [0, 0.05) is 19.1 Å². The van der Waals surface area contributed by atoms with Crippen LogP contribution in [-0.4, -0.2) is 43.2 Å². The smallest absolute Gasteiger partial charge is 0.317 e. The van der Waals surface area contributed by atoms with Crippen molar-refractivity contribution in [1.29, 1.82) is 0 Å². The first-order valence-corrected chi connectivity index (χ1v) is 7.00. The minimum absolute atomic E-state index is 0.115. The number of hydrogen-bond donors (Lipinski definition) is 2. The number of rotatable bonds is 3. The molecule has 1 heterocycles. The molecule has 2 rings (SSSR count). The molecule has 4 nitrogen and oxygen atoms in total. The van der Waals surface area contributed by atoms with Crippen molar-refractivity contribution < 1.29 is 4.79 Å². The van der Waals surface area contributed by atoms with Crippen LogP contribution in [0.5, 0.6) is 0 Å². The van der Waals surface area contributed by atoms with E-state index < -0.39 is 0 Å². The van der Waals surface area contributed by atoms with Gasteiger partial charge in [0.1, 0.15) is 0 Å². The van der Waals surface area contributed by atoms with Gasteiger partial charge in [-0.2, -0.15) is 0 Å². The Morgan fingerprint density at radius 2 is 1.94 bits per heavy atom. The minimum Gasteiger partial charge on any atom is -0.335 e.